The van der Waals surface area contributed by atoms with Crippen molar-refractivity contribution in [1.29, 1.82) is 0 Å². The number of benzene rings is 1. The SMILES string of the molecule is C\C=C/C(=C\C=C(/C)C1=C(O)CCC1=O)Cc1cc2c(cc1C)C(C)(C)C=CC2(C)C. The smallest absolute Gasteiger partial charge is 0.166 e. The van der Waals surface area contributed by atoms with Crippen molar-refractivity contribution in [2.45, 2.75) is 78.6 Å². The maximum atomic E-state index is 12.1. The van der Waals surface area contributed by atoms with Gasteiger partial charge in [0.2, 0.25) is 0 Å². The highest BCUT2D eigenvalue weighted by Gasteiger charge is 2.33. The molecule has 1 aromatic rings. The van der Waals surface area contributed by atoms with E-state index in [1.807, 2.05) is 19.9 Å². The van der Waals surface area contributed by atoms with Gasteiger partial charge in [-0.25, -0.2) is 0 Å². The fourth-order valence-corrected chi connectivity index (χ4v) is 4.62. The summed E-state index contributed by atoms with van der Waals surface area (Å²) in [6, 6.07) is 4.75. The molecule has 0 unspecified atom stereocenters. The predicted molar refractivity (Wildman–Crippen MR) is 131 cm³/mol. The molecule has 0 heterocycles. The van der Waals surface area contributed by atoms with Gasteiger partial charge in [0, 0.05) is 23.7 Å². The lowest BCUT2D eigenvalue weighted by Gasteiger charge is -2.37. The first-order chi connectivity index (χ1) is 14.5. The standard InChI is InChI=1S/C29H36O2/c1-8-9-21(11-10-19(2)27-25(30)12-13-26(27)31)17-22-18-24-23(16-20(22)3)28(4,5)14-15-29(24,6)7/h8-11,14-16,18,30H,12-13,17H2,1-7H3/b9-8-,19-10+,21-11+. The normalized spacial score (nSPS) is 20.7. The van der Waals surface area contributed by atoms with Crippen molar-refractivity contribution in [3.63, 3.8) is 0 Å². The molecule has 31 heavy (non-hydrogen) atoms. The van der Waals surface area contributed by atoms with Gasteiger partial charge in [0.25, 0.3) is 0 Å². The molecule has 2 aliphatic rings. The molecule has 0 atom stereocenters. The van der Waals surface area contributed by atoms with E-state index in [-0.39, 0.29) is 22.4 Å². The van der Waals surface area contributed by atoms with E-state index in [9.17, 15) is 9.90 Å². The fourth-order valence-electron chi connectivity index (χ4n) is 4.62. The molecule has 164 valence electrons. The molecular weight excluding hydrogens is 380 g/mol. The van der Waals surface area contributed by atoms with Gasteiger partial charge in [-0.3, -0.25) is 4.79 Å². The Morgan fingerprint density at radius 1 is 1.03 bits per heavy atom. The van der Waals surface area contributed by atoms with Crippen LogP contribution in [-0.4, -0.2) is 10.9 Å². The average molecular weight is 417 g/mol. The van der Waals surface area contributed by atoms with Crippen LogP contribution in [0.4, 0.5) is 0 Å². The van der Waals surface area contributed by atoms with Crippen LogP contribution in [0.15, 0.2) is 71.1 Å². The van der Waals surface area contributed by atoms with Crippen molar-refractivity contribution in [2.75, 3.05) is 0 Å². The molecule has 0 aromatic heterocycles. The highest BCUT2D eigenvalue weighted by atomic mass is 16.3. The summed E-state index contributed by atoms with van der Waals surface area (Å²) in [6.45, 7) is 15.3. The molecule has 0 spiro atoms. The summed E-state index contributed by atoms with van der Waals surface area (Å²) in [5.74, 6) is 0.263. The van der Waals surface area contributed by atoms with E-state index in [0.717, 1.165) is 12.0 Å². The number of aryl methyl sites for hydroxylation is 1. The first kappa shape index (κ1) is 23.1. The molecule has 1 N–H and O–H groups in total. The van der Waals surface area contributed by atoms with Gasteiger partial charge in [-0.05, 0) is 60.6 Å². The van der Waals surface area contributed by atoms with Gasteiger partial charge in [0.05, 0.1) is 5.57 Å². The second kappa shape index (κ2) is 8.49. The van der Waals surface area contributed by atoms with Gasteiger partial charge in [-0.1, -0.05) is 76.3 Å². The van der Waals surface area contributed by atoms with E-state index in [1.54, 1.807) is 0 Å². The highest BCUT2D eigenvalue weighted by molar-refractivity contribution is 6.02. The third kappa shape index (κ3) is 4.69. The zero-order chi connectivity index (χ0) is 23.0. The number of fused-ring (bicyclic) bond motifs is 1. The van der Waals surface area contributed by atoms with Gasteiger partial charge in [0.15, 0.2) is 5.78 Å². The summed E-state index contributed by atoms with van der Waals surface area (Å²) in [6.07, 6.45) is 14.6. The number of ketones is 1. The summed E-state index contributed by atoms with van der Waals surface area (Å²) in [7, 11) is 0. The van der Waals surface area contributed by atoms with Crippen LogP contribution >= 0.6 is 0 Å². The number of carbonyl (C=O) groups excluding carboxylic acids is 1. The van der Waals surface area contributed by atoms with E-state index < -0.39 is 0 Å². The summed E-state index contributed by atoms with van der Waals surface area (Å²) >= 11 is 0. The van der Waals surface area contributed by atoms with E-state index >= 15 is 0 Å². The van der Waals surface area contributed by atoms with Crippen LogP contribution in [0.5, 0.6) is 0 Å². The average Bonchev–Trinajstić information content (AvgIpc) is 3.03. The number of hydrogen-bond acceptors (Lipinski definition) is 2. The summed E-state index contributed by atoms with van der Waals surface area (Å²) in [5, 5.41) is 10.1. The molecule has 1 aromatic carbocycles. The minimum atomic E-state index is 0.0150. The Morgan fingerprint density at radius 2 is 1.65 bits per heavy atom. The van der Waals surface area contributed by atoms with Crippen LogP contribution in [-0.2, 0) is 22.0 Å². The number of carbonyl (C=O) groups is 1. The zero-order valence-electron chi connectivity index (χ0n) is 20.1. The first-order valence-electron chi connectivity index (χ1n) is 11.3. The van der Waals surface area contributed by atoms with Crippen molar-refractivity contribution < 1.29 is 9.90 Å². The van der Waals surface area contributed by atoms with Crippen molar-refractivity contribution in [1.82, 2.24) is 0 Å². The number of Topliss-reactive ketones (excluding diaryl/α,β-unsaturated/α-hetero) is 1. The van der Waals surface area contributed by atoms with Gasteiger partial charge in [-0.2, -0.15) is 0 Å². The Balaban J connectivity index is 1.98. The Labute approximate surface area is 187 Å². The minimum absolute atomic E-state index is 0.0150. The molecule has 0 fully saturated rings. The van der Waals surface area contributed by atoms with E-state index in [2.05, 4.69) is 77.1 Å². The first-order valence-corrected chi connectivity index (χ1v) is 11.3. The fraction of sp³-hybridized carbons (Fsp3) is 0.414. The van der Waals surface area contributed by atoms with E-state index in [1.165, 1.54) is 27.8 Å². The molecule has 3 rings (SSSR count). The zero-order valence-corrected chi connectivity index (χ0v) is 20.1. The maximum Gasteiger partial charge on any atom is 0.166 e. The number of aliphatic hydroxyl groups is 1. The second-order valence-electron chi connectivity index (χ2n) is 10.1. The topological polar surface area (TPSA) is 37.3 Å². The Morgan fingerprint density at radius 3 is 2.19 bits per heavy atom. The van der Waals surface area contributed by atoms with E-state index in [0.29, 0.717) is 18.4 Å². The maximum absolute atomic E-state index is 12.1. The highest BCUT2D eigenvalue weighted by Crippen LogP contribution is 2.42. The van der Waals surface area contributed by atoms with Crippen molar-refractivity contribution in [3.05, 3.63) is 93.3 Å². The molecule has 0 aliphatic heterocycles. The Kier molecular flexibility index (Phi) is 6.32. The monoisotopic (exact) mass is 416 g/mol. The van der Waals surface area contributed by atoms with Crippen LogP contribution in [0.1, 0.15) is 76.6 Å². The largest absolute Gasteiger partial charge is 0.512 e. The van der Waals surface area contributed by atoms with Crippen molar-refractivity contribution in [3.8, 4) is 0 Å². The van der Waals surface area contributed by atoms with Gasteiger partial charge in [0.1, 0.15) is 5.76 Å². The predicted octanol–water partition coefficient (Wildman–Crippen LogP) is 7.29. The molecular formula is C29H36O2. The van der Waals surface area contributed by atoms with Gasteiger partial charge < -0.3 is 5.11 Å². The number of aliphatic hydroxyl groups excluding tert-OH is 1. The lowest BCUT2D eigenvalue weighted by atomic mass is 9.67. The summed E-state index contributed by atoms with van der Waals surface area (Å²) < 4.78 is 0. The van der Waals surface area contributed by atoms with Gasteiger partial charge >= 0.3 is 0 Å². The van der Waals surface area contributed by atoms with Crippen LogP contribution in [0.2, 0.25) is 0 Å². The lowest BCUT2D eigenvalue weighted by Crippen LogP contribution is -2.29. The second-order valence-corrected chi connectivity index (χ2v) is 10.1. The Hall–Kier alpha value is -2.61. The lowest BCUT2D eigenvalue weighted by molar-refractivity contribution is -0.114. The number of allylic oxidation sites excluding steroid dienone is 10. The minimum Gasteiger partial charge on any atom is -0.512 e. The molecule has 2 nitrogen and oxygen atoms in total. The number of rotatable bonds is 5. The molecule has 0 saturated carbocycles. The van der Waals surface area contributed by atoms with Crippen LogP contribution in [0, 0.1) is 6.92 Å². The third-order valence-corrected chi connectivity index (χ3v) is 6.65. The van der Waals surface area contributed by atoms with Crippen molar-refractivity contribution in [2.24, 2.45) is 0 Å². The Bertz CT molecular complexity index is 1050. The summed E-state index contributed by atoms with van der Waals surface area (Å²) in [4.78, 5) is 12.1. The molecule has 0 saturated heterocycles. The summed E-state index contributed by atoms with van der Waals surface area (Å²) in [5.41, 5.74) is 8.01. The van der Waals surface area contributed by atoms with Crippen LogP contribution in [0.3, 0.4) is 0 Å². The van der Waals surface area contributed by atoms with Gasteiger partial charge in [-0.15, -0.1) is 0 Å². The van der Waals surface area contributed by atoms with Crippen molar-refractivity contribution >= 4 is 5.78 Å². The number of hydrogen-bond donors (Lipinski definition) is 1. The third-order valence-electron chi connectivity index (χ3n) is 6.65. The molecule has 0 radical (unpaired) electrons. The van der Waals surface area contributed by atoms with Crippen LogP contribution in [0.25, 0.3) is 0 Å². The molecule has 2 aliphatic carbocycles. The molecule has 2 heteroatoms. The van der Waals surface area contributed by atoms with Crippen LogP contribution < -0.4 is 0 Å². The molecule has 0 amide bonds. The quantitative estimate of drug-likeness (QED) is 0.404. The van der Waals surface area contributed by atoms with E-state index in [4.69, 9.17) is 0 Å². The molecule has 0 bridgehead atoms.